The number of hydrogen-bond donors (Lipinski definition) is 2. The van der Waals surface area contributed by atoms with Gasteiger partial charge in [-0.3, -0.25) is 20.4 Å². The number of aryl methyl sites for hydroxylation is 1. The number of imidazole rings is 1. The molecule has 8 heteroatoms. The maximum atomic E-state index is 12.3. The van der Waals surface area contributed by atoms with Gasteiger partial charge in [-0.1, -0.05) is 31.2 Å². The van der Waals surface area contributed by atoms with Gasteiger partial charge in [0.15, 0.2) is 11.5 Å². The molecule has 0 spiro atoms. The minimum Gasteiger partial charge on any atom is -0.493 e. The summed E-state index contributed by atoms with van der Waals surface area (Å²) in [5, 5.41) is 0. The van der Waals surface area contributed by atoms with E-state index in [9.17, 15) is 9.59 Å². The highest BCUT2D eigenvalue weighted by molar-refractivity contribution is 5.93. The number of nitrogens with one attached hydrogen (secondary N) is 2. The summed E-state index contributed by atoms with van der Waals surface area (Å²) in [4.78, 5) is 29.0. The summed E-state index contributed by atoms with van der Waals surface area (Å²) in [5.41, 5.74) is 7.20. The summed E-state index contributed by atoms with van der Waals surface area (Å²) >= 11 is 0. The molecule has 0 fully saturated rings. The normalized spacial score (nSPS) is 10.9. The zero-order valence-corrected chi connectivity index (χ0v) is 17.1. The van der Waals surface area contributed by atoms with E-state index in [1.54, 1.807) is 31.4 Å². The number of hydrazine groups is 1. The van der Waals surface area contributed by atoms with Gasteiger partial charge in [0.1, 0.15) is 12.4 Å². The summed E-state index contributed by atoms with van der Waals surface area (Å²) in [6.07, 6.45) is 3.59. The van der Waals surface area contributed by atoms with Gasteiger partial charge >= 0.3 is 0 Å². The summed E-state index contributed by atoms with van der Waals surface area (Å²) < 4.78 is 12.4. The number of carbonyl (C=O) groups excluding carboxylic acids is 2. The maximum absolute atomic E-state index is 12.3. The molecule has 1 heterocycles. The van der Waals surface area contributed by atoms with Gasteiger partial charge in [0.05, 0.1) is 25.3 Å². The average Bonchev–Trinajstić information content (AvgIpc) is 3.13. The predicted molar refractivity (Wildman–Crippen MR) is 114 cm³/mol. The van der Waals surface area contributed by atoms with E-state index in [1.165, 1.54) is 13.2 Å². The minimum atomic E-state index is -0.473. The second kappa shape index (κ2) is 9.60. The third kappa shape index (κ3) is 4.60. The zero-order valence-electron chi connectivity index (χ0n) is 17.1. The highest BCUT2D eigenvalue weighted by Gasteiger charge is 2.12. The van der Waals surface area contributed by atoms with Crippen LogP contribution in [0.2, 0.25) is 0 Å². The fourth-order valence-corrected chi connectivity index (χ4v) is 3.14. The number of para-hydroxylation sites is 3. The SMILES string of the molecule is CCc1nc2ccccc2n1CC(=O)NNC(=O)/C=C/c1cccc(OC)c1OC. The highest BCUT2D eigenvalue weighted by atomic mass is 16.5. The molecule has 8 nitrogen and oxygen atoms in total. The second-order valence-electron chi connectivity index (χ2n) is 6.41. The van der Waals surface area contributed by atoms with Gasteiger partial charge in [-0.25, -0.2) is 4.98 Å². The lowest BCUT2D eigenvalue weighted by Crippen LogP contribution is -2.42. The molecule has 2 amide bonds. The first-order chi connectivity index (χ1) is 14.6. The highest BCUT2D eigenvalue weighted by Crippen LogP contribution is 2.31. The number of amides is 2. The van der Waals surface area contributed by atoms with E-state index in [0.717, 1.165) is 16.9 Å². The van der Waals surface area contributed by atoms with Crippen LogP contribution in [0.1, 0.15) is 18.3 Å². The van der Waals surface area contributed by atoms with Crippen molar-refractivity contribution in [2.75, 3.05) is 14.2 Å². The molecular formula is C22H24N4O4. The lowest BCUT2D eigenvalue weighted by Gasteiger charge is -2.10. The molecule has 0 atom stereocenters. The fourth-order valence-electron chi connectivity index (χ4n) is 3.14. The number of methoxy groups -OCH3 is 2. The van der Waals surface area contributed by atoms with Crippen molar-refractivity contribution in [3.63, 3.8) is 0 Å². The third-order valence-corrected chi connectivity index (χ3v) is 4.52. The molecule has 30 heavy (non-hydrogen) atoms. The number of fused-ring (bicyclic) bond motifs is 1. The molecule has 0 saturated carbocycles. The van der Waals surface area contributed by atoms with Crippen LogP contribution in [0, 0.1) is 0 Å². The van der Waals surface area contributed by atoms with Gasteiger partial charge in [0.25, 0.3) is 11.8 Å². The fraction of sp³-hybridized carbons (Fsp3) is 0.227. The quantitative estimate of drug-likeness (QED) is 0.463. The van der Waals surface area contributed by atoms with E-state index >= 15 is 0 Å². The van der Waals surface area contributed by atoms with Crippen molar-refractivity contribution < 1.29 is 19.1 Å². The van der Waals surface area contributed by atoms with Crippen molar-refractivity contribution in [2.45, 2.75) is 19.9 Å². The molecule has 0 radical (unpaired) electrons. The van der Waals surface area contributed by atoms with Crippen LogP contribution >= 0.6 is 0 Å². The first-order valence-electron chi connectivity index (χ1n) is 9.49. The van der Waals surface area contributed by atoms with Gasteiger partial charge in [-0.2, -0.15) is 0 Å². The van der Waals surface area contributed by atoms with Crippen molar-refractivity contribution >= 4 is 28.9 Å². The van der Waals surface area contributed by atoms with Crippen molar-refractivity contribution in [3.05, 3.63) is 59.9 Å². The molecule has 0 aliphatic rings. The van der Waals surface area contributed by atoms with Crippen LogP contribution in [0.15, 0.2) is 48.5 Å². The van der Waals surface area contributed by atoms with Gasteiger partial charge in [0.2, 0.25) is 0 Å². The Labute approximate surface area is 174 Å². The first-order valence-corrected chi connectivity index (χ1v) is 9.49. The zero-order chi connectivity index (χ0) is 21.5. The predicted octanol–water partition coefficient (Wildman–Crippen LogP) is 2.48. The van der Waals surface area contributed by atoms with Crippen LogP contribution in [-0.2, 0) is 22.6 Å². The van der Waals surface area contributed by atoms with Crippen molar-refractivity contribution in [1.82, 2.24) is 20.4 Å². The van der Waals surface area contributed by atoms with E-state index < -0.39 is 5.91 Å². The molecular weight excluding hydrogens is 384 g/mol. The molecule has 0 bridgehead atoms. The Morgan fingerprint density at radius 1 is 1.07 bits per heavy atom. The van der Waals surface area contributed by atoms with Crippen molar-refractivity contribution in [1.29, 1.82) is 0 Å². The Balaban J connectivity index is 1.62. The monoisotopic (exact) mass is 408 g/mol. The van der Waals surface area contributed by atoms with Gasteiger partial charge in [0, 0.05) is 18.1 Å². The molecule has 3 rings (SSSR count). The first kappa shape index (κ1) is 20.9. The van der Waals surface area contributed by atoms with Crippen LogP contribution in [-0.4, -0.2) is 35.6 Å². The van der Waals surface area contributed by atoms with E-state index in [0.29, 0.717) is 23.5 Å². The number of benzene rings is 2. The Kier molecular flexibility index (Phi) is 6.69. The third-order valence-electron chi connectivity index (χ3n) is 4.52. The largest absolute Gasteiger partial charge is 0.493 e. The van der Waals surface area contributed by atoms with Crippen LogP contribution in [0.5, 0.6) is 11.5 Å². The summed E-state index contributed by atoms with van der Waals surface area (Å²) in [6, 6.07) is 13.0. The van der Waals surface area contributed by atoms with Crippen molar-refractivity contribution in [3.8, 4) is 11.5 Å². The summed E-state index contributed by atoms with van der Waals surface area (Å²) in [6.45, 7) is 2.03. The second-order valence-corrected chi connectivity index (χ2v) is 6.41. The molecule has 0 unspecified atom stereocenters. The van der Waals surface area contributed by atoms with E-state index in [1.807, 2.05) is 35.8 Å². The summed E-state index contributed by atoms with van der Waals surface area (Å²) in [7, 11) is 3.07. The van der Waals surface area contributed by atoms with Crippen molar-refractivity contribution in [2.24, 2.45) is 0 Å². The van der Waals surface area contributed by atoms with Crippen LogP contribution in [0.4, 0.5) is 0 Å². The van der Waals surface area contributed by atoms with E-state index in [-0.39, 0.29) is 12.5 Å². The number of ether oxygens (including phenoxy) is 2. The maximum Gasteiger partial charge on any atom is 0.262 e. The molecule has 156 valence electrons. The molecule has 0 saturated heterocycles. The Hall–Kier alpha value is -3.81. The molecule has 2 N–H and O–H groups in total. The van der Waals surface area contributed by atoms with Crippen LogP contribution in [0.25, 0.3) is 17.1 Å². The Bertz CT molecular complexity index is 1090. The van der Waals surface area contributed by atoms with E-state index in [4.69, 9.17) is 9.47 Å². The number of hydrogen-bond acceptors (Lipinski definition) is 5. The number of nitrogens with zero attached hydrogens (tertiary/aromatic N) is 2. The number of rotatable bonds is 7. The van der Waals surface area contributed by atoms with Crippen LogP contribution < -0.4 is 20.3 Å². The average molecular weight is 408 g/mol. The summed E-state index contributed by atoms with van der Waals surface area (Å²) in [5.74, 6) is 1.07. The lowest BCUT2D eigenvalue weighted by molar-refractivity contribution is -0.127. The van der Waals surface area contributed by atoms with E-state index in [2.05, 4.69) is 15.8 Å². The van der Waals surface area contributed by atoms with Crippen LogP contribution in [0.3, 0.4) is 0 Å². The standard InChI is InChI=1S/C22H24N4O4/c1-4-19-23-16-9-5-6-10-17(16)26(19)14-21(28)25-24-20(27)13-12-15-8-7-11-18(29-2)22(15)30-3/h5-13H,4,14H2,1-3H3,(H,24,27)(H,25,28)/b13-12+. The van der Waals surface area contributed by atoms with Gasteiger partial charge < -0.3 is 14.0 Å². The topological polar surface area (TPSA) is 94.5 Å². The van der Waals surface area contributed by atoms with Gasteiger partial charge in [-0.15, -0.1) is 0 Å². The Morgan fingerprint density at radius 2 is 1.87 bits per heavy atom. The lowest BCUT2D eigenvalue weighted by atomic mass is 10.1. The molecule has 0 aliphatic heterocycles. The Morgan fingerprint density at radius 3 is 2.60 bits per heavy atom. The smallest absolute Gasteiger partial charge is 0.262 e. The van der Waals surface area contributed by atoms with Gasteiger partial charge in [-0.05, 0) is 24.3 Å². The molecule has 2 aromatic carbocycles. The molecule has 1 aromatic heterocycles. The molecule has 0 aliphatic carbocycles. The number of aromatic nitrogens is 2. The number of carbonyl (C=O) groups is 2. The minimum absolute atomic E-state index is 0.0530. The molecule has 3 aromatic rings.